The summed E-state index contributed by atoms with van der Waals surface area (Å²) in [6.07, 6.45) is 0. The van der Waals surface area contributed by atoms with Crippen LogP contribution in [-0.2, 0) is 0 Å². The molecule has 8 nitrogen and oxygen atoms in total. The van der Waals surface area contributed by atoms with Gasteiger partial charge in [0.05, 0.1) is 0 Å². The van der Waals surface area contributed by atoms with Gasteiger partial charge in [-0.15, -0.1) is 0 Å². The van der Waals surface area contributed by atoms with Crippen LogP contribution in [0.25, 0.3) is 10.8 Å². The van der Waals surface area contributed by atoms with Crippen LogP contribution in [0, 0.1) is 0 Å². The molecule has 0 aliphatic rings. The molecule has 0 saturated carbocycles. The van der Waals surface area contributed by atoms with E-state index in [1.807, 2.05) is 12.1 Å². The number of benzene rings is 6. The van der Waals surface area contributed by atoms with Gasteiger partial charge in [-0.05, 0) is 90.3 Å². The molecule has 8 radical (unpaired) electrons. The second-order valence-electron chi connectivity index (χ2n) is 11.3. The van der Waals surface area contributed by atoms with Gasteiger partial charge in [-0.3, -0.25) is 9.59 Å². The number of carbonyl (C=O) groups is 2. The summed E-state index contributed by atoms with van der Waals surface area (Å²) in [6, 6.07) is 34.8. The Morgan fingerprint density at radius 1 is 0.460 bits per heavy atom. The molecule has 2 amide bonds. The molecule has 6 aromatic rings. The van der Waals surface area contributed by atoms with Gasteiger partial charge in [-0.1, -0.05) is 58.2 Å². The van der Waals surface area contributed by atoms with E-state index >= 15 is 0 Å². The number of hydrogen-bond acceptors (Lipinski definition) is 6. The molecule has 12 heteroatoms. The quantitative estimate of drug-likeness (QED) is 0.120. The third-order valence-electron chi connectivity index (χ3n) is 7.80. The van der Waals surface area contributed by atoms with Gasteiger partial charge in [0.2, 0.25) is 0 Å². The van der Waals surface area contributed by atoms with E-state index in [0.29, 0.717) is 61.2 Å². The van der Waals surface area contributed by atoms with Crippen LogP contribution in [0.1, 0.15) is 20.7 Å². The van der Waals surface area contributed by atoms with E-state index in [2.05, 4.69) is 21.3 Å². The van der Waals surface area contributed by atoms with Crippen molar-refractivity contribution in [2.45, 2.75) is 0 Å². The van der Waals surface area contributed by atoms with Crippen LogP contribution in [0.15, 0.2) is 121 Å². The minimum atomic E-state index is -0.246. The predicted octanol–water partition coefficient (Wildman–Crippen LogP) is 3.42. The maximum atomic E-state index is 12.6. The van der Waals surface area contributed by atoms with E-state index in [9.17, 15) is 9.59 Å². The van der Waals surface area contributed by atoms with Crippen molar-refractivity contribution in [2.75, 3.05) is 34.7 Å². The van der Waals surface area contributed by atoms with Crippen LogP contribution in [0.4, 0.5) is 22.7 Å². The highest BCUT2D eigenvalue weighted by Crippen LogP contribution is 2.29. The lowest BCUT2D eigenvalue weighted by Crippen LogP contribution is -2.19. The van der Waals surface area contributed by atoms with Gasteiger partial charge in [0.15, 0.2) is 13.5 Å². The average molecular weight is 648 g/mol. The summed E-state index contributed by atoms with van der Waals surface area (Å²) in [4.78, 5) is 25.3. The maximum Gasteiger partial charge on any atom is 0.255 e. The van der Waals surface area contributed by atoms with E-state index < -0.39 is 0 Å². The average Bonchev–Trinajstić information content (AvgIpc) is 3.12. The predicted molar refractivity (Wildman–Crippen MR) is 205 cm³/mol. The van der Waals surface area contributed by atoms with E-state index in [-0.39, 0.29) is 25.3 Å². The lowest BCUT2D eigenvalue weighted by Gasteiger charge is -2.19. The summed E-state index contributed by atoms with van der Waals surface area (Å²) < 4.78 is 11.9. The monoisotopic (exact) mass is 648 g/mol. The number of nitrogens with one attached hydrogen (secondary N) is 4. The van der Waals surface area contributed by atoms with Crippen molar-refractivity contribution in [3.05, 3.63) is 132 Å². The Morgan fingerprint density at radius 3 is 1.22 bits per heavy atom. The minimum Gasteiger partial charge on any atom is -0.473 e. The third kappa shape index (κ3) is 8.33. The molecule has 0 fully saturated rings. The summed E-state index contributed by atoms with van der Waals surface area (Å²) >= 11 is 0. The first-order valence-corrected chi connectivity index (χ1v) is 15.6. The van der Waals surface area contributed by atoms with Gasteiger partial charge in [0, 0.05) is 39.3 Å². The lowest BCUT2D eigenvalue weighted by molar-refractivity contribution is 0.101. The van der Waals surface area contributed by atoms with Crippen molar-refractivity contribution in [2.24, 2.45) is 0 Å². The van der Waals surface area contributed by atoms with Gasteiger partial charge in [-0.2, -0.15) is 0 Å². The van der Waals surface area contributed by atoms with Gasteiger partial charge >= 0.3 is 0 Å². The van der Waals surface area contributed by atoms with Gasteiger partial charge in [0.25, 0.3) is 11.8 Å². The Labute approximate surface area is 295 Å². The van der Waals surface area contributed by atoms with Crippen LogP contribution < -0.4 is 52.6 Å². The Morgan fingerprint density at radius 2 is 0.840 bits per heavy atom. The third-order valence-corrected chi connectivity index (χ3v) is 7.80. The maximum absolute atomic E-state index is 12.6. The molecule has 0 aliphatic heterocycles. The first kappa shape index (κ1) is 33.9. The second-order valence-corrected chi connectivity index (χ2v) is 11.3. The van der Waals surface area contributed by atoms with Crippen molar-refractivity contribution >= 4 is 98.6 Å². The Bertz CT molecular complexity index is 1980. The molecule has 0 unspecified atom stereocenters. The molecular weight excluding hydrogens is 620 g/mol. The SMILES string of the molecule is [B]c1ccc(NC(=O)c2ccc(OCNc3ccc([B])c4c([B])ccc(NCOc5ccc(C(=O)Nc6ccc([B])cc6)cc5)c34)cc2)cc1. The molecule has 0 bridgehead atoms. The fourth-order valence-electron chi connectivity index (χ4n) is 5.18. The number of fused-ring (bicyclic) bond motifs is 1. The molecule has 6 aromatic carbocycles. The molecule has 0 saturated heterocycles. The number of anilines is 4. The van der Waals surface area contributed by atoms with Gasteiger partial charge < -0.3 is 30.7 Å². The second kappa shape index (κ2) is 15.5. The van der Waals surface area contributed by atoms with Crippen molar-refractivity contribution < 1.29 is 19.1 Å². The Balaban J connectivity index is 1.07. The van der Waals surface area contributed by atoms with Crippen molar-refractivity contribution in [1.29, 1.82) is 0 Å². The molecule has 0 aliphatic carbocycles. The normalized spacial score (nSPS) is 10.6. The van der Waals surface area contributed by atoms with Gasteiger partial charge in [-0.25, -0.2) is 0 Å². The van der Waals surface area contributed by atoms with E-state index in [1.165, 1.54) is 0 Å². The number of carbonyl (C=O) groups excluding carboxylic acids is 2. The Kier molecular flexibility index (Phi) is 10.5. The molecule has 50 heavy (non-hydrogen) atoms. The Hall–Kier alpha value is -6.02. The highest BCUT2D eigenvalue weighted by atomic mass is 16.5. The van der Waals surface area contributed by atoms with Crippen LogP contribution in [0.3, 0.4) is 0 Å². The number of amides is 2. The highest BCUT2D eigenvalue weighted by Gasteiger charge is 2.12. The fourth-order valence-corrected chi connectivity index (χ4v) is 5.18. The van der Waals surface area contributed by atoms with E-state index in [4.69, 9.17) is 40.9 Å². The van der Waals surface area contributed by atoms with Crippen molar-refractivity contribution in [1.82, 2.24) is 0 Å². The summed E-state index contributed by atoms with van der Waals surface area (Å²) in [5.74, 6) is 0.649. The molecule has 4 N–H and O–H groups in total. The zero-order chi connectivity index (χ0) is 35.0. The van der Waals surface area contributed by atoms with Crippen LogP contribution in [-0.4, -0.2) is 56.7 Å². The van der Waals surface area contributed by atoms with E-state index in [1.54, 1.807) is 109 Å². The summed E-state index contributed by atoms with van der Waals surface area (Å²) in [5.41, 5.74) is 6.02. The molecule has 0 atom stereocenters. The van der Waals surface area contributed by atoms with Crippen molar-refractivity contribution in [3.63, 3.8) is 0 Å². The number of hydrogen-bond donors (Lipinski definition) is 4. The fraction of sp³-hybridized carbons (Fsp3) is 0.0526. The molecule has 236 valence electrons. The summed E-state index contributed by atoms with van der Waals surface area (Å²) in [5, 5.41) is 13.7. The first-order chi connectivity index (χ1) is 24.2. The lowest BCUT2D eigenvalue weighted by atomic mass is 9.80. The molecule has 6 rings (SSSR count). The highest BCUT2D eigenvalue weighted by molar-refractivity contribution is 6.49. The smallest absolute Gasteiger partial charge is 0.255 e. The van der Waals surface area contributed by atoms with Crippen LogP contribution in [0.2, 0.25) is 0 Å². The number of ether oxygens (including phenoxy) is 2. The molecule has 0 aromatic heterocycles. The molecule has 0 heterocycles. The topological polar surface area (TPSA) is 101 Å². The zero-order valence-electron chi connectivity index (χ0n) is 26.9. The zero-order valence-corrected chi connectivity index (χ0v) is 26.9. The molecular formula is C38H28B4N4O4. The number of rotatable bonds is 12. The summed E-state index contributed by atoms with van der Waals surface area (Å²) in [6.45, 7) is 0.248. The molecule has 0 spiro atoms. The van der Waals surface area contributed by atoms with Crippen LogP contribution >= 0.6 is 0 Å². The van der Waals surface area contributed by atoms with Crippen molar-refractivity contribution in [3.8, 4) is 11.5 Å². The standard InChI is InChI=1S/C38H28B4N4O4/c39-25-5-9-27(10-6-25)45-37(47)23-1-13-29(14-2-23)49-21-43-33-19-17-31(41)35-32(42)18-20-34(36(33)35)44-22-50-30-15-3-24(4-16-30)38(48)46-28-11-7-26(40)8-12-28/h1-20,43-44H,21-22H2,(H,45,47)(H,46,48). The van der Waals surface area contributed by atoms with Gasteiger partial charge in [0.1, 0.15) is 42.9 Å². The largest absolute Gasteiger partial charge is 0.473 e. The minimum absolute atomic E-state index is 0.124. The summed E-state index contributed by atoms with van der Waals surface area (Å²) in [7, 11) is 24.1. The van der Waals surface area contributed by atoms with Crippen LogP contribution in [0.5, 0.6) is 11.5 Å². The van der Waals surface area contributed by atoms with E-state index in [0.717, 1.165) is 16.8 Å². The first-order valence-electron chi connectivity index (χ1n) is 15.6.